The Morgan fingerprint density at radius 1 is 1.53 bits per heavy atom. The van der Waals surface area contributed by atoms with E-state index >= 15 is 0 Å². The van der Waals surface area contributed by atoms with Gasteiger partial charge in [0.25, 0.3) is 0 Å². The molecule has 0 aliphatic heterocycles. The summed E-state index contributed by atoms with van der Waals surface area (Å²) in [6.45, 7) is 3.54. The molecule has 0 heterocycles. The Morgan fingerprint density at radius 2 is 2.13 bits per heavy atom. The summed E-state index contributed by atoms with van der Waals surface area (Å²) in [5, 5.41) is 8.99. The Kier molecular flexibility index (Phi) is 3.74. The molecular weight excluding hydrogens is 260 g/mol. The molecule has 0 aliphatic rings. The maximum absolute atomic E-state index is 11.0. The molecule has 0 radical (unpaired) electrons. The van der Waals surface area contributed by atoms with Crippen molar-refractivity contribution in [3.05, 3.63) is 27.7 Å². The topological polar surface area (TPSA) is 46.5 Å². The van der Waals surface area contributed by atoms with Crippen molar-refractivity contribution in [2.24, 2.45) is 0 Å². The van der Waals surface area contributed by atoms with Crippen LogP contribution in [0.4, 0.5) is 0 Å². The van der Waals surface area contributed by atoms with Crippen molar-refractivity contribution < 1.29 is 14.6 Å². The third-order valence-electron chi connectivity index (χ3n) is 2.35. The monoisotopic (exact) mass is 272 g/mol. The Hall–Kier alpha value is -1.03. The Bertz CT molecular complexity index is 388. The number of methoxy groups -OCH3 is 1. The van der Waals surface area contributed by atoms with Crippen molar-refractivity contribution in [1.82, 2.24) is 0 Å². The number of benzene rings is 1. The lowest BCUT2D eigenvalue weighted by atomic mass is 9.98. The zero-order valence-corrected chi connectivity index (χ0v) is 10.5. The van der Waals surface area contributed by atoms with Crippen LogP contribution in [0.25, 0.3) is 0 Å². The van der Waals surface area contributed by atoms with Crippen LogP contribution in [0.1, 0.15) is 24.0 Å². The molecule has 0 bridgehead atoms. The minimum atomic E-state index is -0.861. The molecule has 0 aliphatic carbocycles. The molecule has 82 valence electrons. The average Bonchev–Trinajstić information content (AvgIpc) is 2.19. The fourth-order valence-electron chi connectivity index (χ4n) is 1.48. The predicted molar refractivity (Wildman–Crippen MR) is 61.5 cm³/mol. The van der Waals surface area contributed by atoms with Gasteiger partial charge >= 0.3 is 5.97 Å². The minimum Gasteiger partial charge on any atom is -0.496 e. The summed E-state index contributed by atoms with van der Waals surface area (Å²) in [5.74, 6) is -0.812. The molecule has 1 unspecified atom stereocenters. The highest BCUT2D eigenvalue weighted by Crippen LogP contribution is 2.36. The fraction of sp³-hybridized carbons (Fsp3) is 0.364. The molecular formula is C11H13BrO3. The summed E-state index contributed by atoms with van der Waals surface area (Å²) in [6.07, 6.45) is 0. The Labute approximate surface area is 97.2 Å². The van der Waals surface area contributed by atoms with Crippen LogP contribution in [-0.4, -0.2) is 18.2 Å². The van der Waals surface area contributed by atoms with E-state index in [9.17, 15) is 4.79 Å². The molecule has 0 fully saturated rings. The molecule has 1 aromatic rings. The lowest BCUT2D eigenvalue weighted by Gasteiger charge is -2.16. The Balaban J connectivity index is 3.37. The van der Waals surface area contributed by atoms with Crippen LogP contribution in [0, 0.1) is 6.92 Å². The summed E-state index contributed by atoms with van der Waals surface area (Å²) in [7, 11) is 1.55. The average molecular weight is 273 g/mol. The molecule has 1 aromatic carbocycles. The number of rotatable bonds is 3. The standard InChI is InChI=1S/C11H13BrO3/c1-6-4-5-8(12)9(10(6)15-3)7(2)11(13)14/h4-5,7H,1-3H3,(H,13,14). The summed E-state index contributed by atoms with van der Waals surface area (Å²) in [5.41, 5.74) is 1.62. The van der Waals surface area contributed by atoms with Crippen LogP contribution in [0.3, 0.4) is 0 Å². The number of hydrogen-bond acceptors (Lipinski definition) is 2. The van der Waals surface area contributed by atoms with Gasteiger partial charge in [-0.1, -0.05) is 22.0 Å². The molecule has 1 N–H and O–H groups in total. The van der Waals surface area contributed by atoms with E-state index in [0.29, 0.717) is 11.3 Å². The second-order valence-electron chi connectivity index (χ2n) is 3.37. The van der Waals surface area contributed by atoms with E-state index in [1.165, 1.54) is 0 Å². The summed E-state index contributed by atoms with van der Waals surface area (Å²) in [4.78, 5) is 11.0. The molecule has 3 nitrogen and oxygen atoms in total. The third kappa shape index (κ3) is 2.31. The van der Waals surface area contributed by atoms with E-state index in [2.05, 4.69) is 15.9 Å². The van der Waals surface area contributed by atoms with Crippen molar-refractivity contribution in [3.63, 3.8) is 0 Å². The number of aryl methyl sites for hydroxylation is 1. The fourth-order valence-corrected chi connectivity index (χ4v) is 2.14. The quantitative estimate of drug-likeness (QED) is 0.920. The number of ether oxygens (including phenoxy) is 1. The van der Waals surface area contributed by atoms with Gasteiger partial charge in [-0.25, -0.2) is 0 Å². The Morgan fingerprint density at radius 3 is 2.60 bits per heavy atom. The van der Waals surface area contributed by atoms with Crippen LogP contribution < -0.4 is 4.74 Å². The highest BCUT2D eigenvalue weighted by Gasteiger charge is 2.22. The first-order valence-electron chi connectivity index (χ1n) is 4.54. The highest BCUT2D eigenvalue weighted by atomic mass is 79.9. The number of aliphatic carboxylic acids is 1. The largest absolute Gasteiger partial charge is 0.496 e. The van der Waals surface area contributed by atoms with Crippen molar-refractivity contribution in [2.75, 3.05) is 7.11 Å². The molecule has 0 aromatic heterocycles. The van der Waals surface area contributed by atoms with E-state index < -0.39 is 11.9 Å². The zero-order chi connectivity index (χ0) is 11.6. The lowest BCUT2D eigenvalue weighted by molar-refractivity contribution is -0.138. The number of halogens is 1. The van der Waals surface area contributed by atoms with Crippen LogP contribution in [-0.2, 0) is 4.79 Å². The molecule has 1 atom stereocenters. The molecule has 0 saturated heterocycles. The van der Waals surface area contributed by atoms with E-state index in [1.807, 2.05) is 19.1 Å². The van der Waals surface area contributed by atoms with E-state index in [1.54, 1.807) is 14.0 Å². The molecule has 0 amide bonds. The first-order chi connectivity index (χ1) is 6.99. The van der Waals surface area contributed by atoms with Gasteiger partial charge in [0.1, 0.15) is 5.75 Å². The van der Waals surface area contributed by atoms with Gasteiger partial charge in [-0.2, -0.15) is 0 Å². The van der Waals surface area contributed by atoms with Crippen LogP contribution in [0.2, 0.25) is 0 Å². The maximum Gasteiger partial charge on any atom is 0.310 e. The van der Waals surface area contributed by atoms with E-state index in [-0.39, 0.29) is 0 Å². The first kappa shape index (κ1) is 12.0. The van der Waals surface area contributed by atoms with Gasteiger partial charge in [0.15, 0.2) is 0 Å². The van der Waals surface area contributed by atoms with Gasteiger partial charge in [0, 0.05) is 10.0 Å². The molecule has 4 heteroatoms. The van der Waals surface area contributed by atoms with Crippen molar-refractivity contribution in [2.45, 2.75) is 19.8 Å². The van der Waals surface area contributed by atoms with Crippen LogP contribution in [0.5, 0.6) is 5.75 Å². The SMILES string of the molecule is COc1c(C)ccc(Br)c1C(C)C(=O)O. The number of carbonyl (C=O) groups is 1. The normalized spacial score (nSPS) is 12.3. The summed E-state index contributed by atoms with van der Waals surface area (Å²) in [6, 6.07) is 3.73. The molecule has 1 rings (SSSR count). The number of hydrogen-bond donors (Lipinski definition) is 1. The zero-order valence-electron chi connectivity index (χ0n) is 8.87. The van der Waals surface area contributed by atoms with Gasteiger partial charge in [0.2, 0.25) is 0 Å². The summed E-state index contributed by atoms with van der Waals surface area (Å²) < 4.78 is 6.00. The second-order valence-corrected chi connectivity index (χ2v) is 4.23. The van der Waals surface area contributed by atoms with Crippen molar-refractivity contribution in [3.8, 4) is 5.75 Å². The van der Waals surface area contributed by atoms with Crippen molar-refractivity contribution in [1.29, 1.82) is 0 Å². The van der Waals surface area contributed by atoms with Crippen LogP contribution in [0.15, 0.2) is 16.6 Å². The molecule has 0 saturated carbocycles. The minimum absolute atomic E-state index is 0.589. The van der Waals surface area contributed by atoms with Gasteiger partial charge in [-0.3, -0.25) is 4.79 Å². The van der Waals surface area contributed by atoms with Crippen LogP contribution >= 0.6 is 15.9 Å². The van der Waals surface area contributed by atoms with Crippen molar-refractivity contribution >= 4 is 21.9 Å². The van der Waals surface area contributed by atoms with Gasteiger partial charge in [-0.15, -0.1) is 0 Å². The number of carboxylic acid groups (broad SMARTS) is 1. The van der Waals surface area contributed by atoms with E-state index in [0.717, 1.165) is 10.0 Å². The maximum atomic E-state index is 11.0. The van der Waals surface area contributed by atoms with Gasteiger partial charge in [-0.05, 0) is 25.5 Å². The smallest absolute Gasteiger partial charge is 0.310 e. The second kappa shape index (κ2) is 4.66. The highest BCUT2D eigenvalue weighted by molar-refractivity contribution is 9.10. The van der Waals surface area contributed by atoms with E-state index in [4.69, 9.17) is 9.84 Å². The number of carboxylic acids is 1. The molecule has 0 spiro atoms. The lowest BCUT2D eigenvalue weighted by Crippen LogP contribution is -2.10. The van der Waals surface area contributed by atoms with Gasteiger partial charge in [0.05, 0.1) is 13.0 Å². The first-order valence-corrected chi connectivity index (χ1v) is 5.34. The predicted octanol–water partition coefficient (Wildman–Crippen LogP) is 2.95. The van der Waals surface area contributed by atoms with Gasteiger partial charge < -0.3 is 9.84 Å². The molecule has 15 heavy (non-hydrogen) atoms. The summed E-state index contributed by atoms with van der Waals surface area (Å²) >= 11 is 3.35. The third-order valence-corrected chi connectivity index (χ3v) is 3.04.